The van der Waals surface area contributed by atoms with E-state index in [1.807, 2.05) is 38.1 Å². The van der Waals surface area contributed by atoms with Gasteiger partial charge in [0.05, 0.1) is 23.3 Å². The minimum absolute atomic E-state index is 0.0156. The first-order valence-electron chi connectivity index (χ1n) is 14.4. The minimum atomic E-state index is -0.203. The van der Waals surface area contributed by atoms with Crippen molar-refractivity contribution in [2.45, 2.75) is 90.9 Å². The topological polar surface area (TPSA) is 77.3 Å². The molecular formula is C32H40N2O4. The molecule has 2 saturated carbocycles. The lowest BCUT2D eigenvalue weighted by Gasteiger charge is -2.18. The third kappa shape index (κ3) is 7.40. The number of rotatable bonds is 9. The average Bonchev–Trinajstić information content (AvgIpc) is 2.99. The fourth-order valence-electron chi connectivity index (χ4n) is 5.38. The van der Waals surface area contributed by atoms with E-state index >= 15 is 0 Å². The molecule has 2 fully saturated rings. The molecule has 0 aliphatic heterocycles. The second-order valence-electron chi connectivity index (χ2n) is 10.4. The van der Waals surface area contributed by atoms with Crippen LogP contribution in [0.2, 0.25) is 0 Å². The maximum atomic E-state index is 12.4. The Hall–Kier alpha value is -3.28. The lowest BCUT2D eigenvalue weighted by molar-refractivity contribution is -0.150. The Kier molecular flexibility index (Phi) is 10.2. The van der Waals surface area contributed by atoms with Crippen molar-refractivity contribution in [3.8, 4) is 11.1 Å². The Balaban J connectivity index is 1.38. The maximum Gasteiger partial charge on any atom is 0.338 e. The molecule has 0 atom stereocenters. The lowest BCUT2D eigenvalue weighted by Crippen LogP contribution is -2.19. The van der Waals surface area contributed by atoms with Crippen LogP contribution in [0.4, 0.5) is 0 Å². The van der Waals surface area contributed by atoms with Crippen LogP contribution in [0.15, 0.2) is 58.8 Å². The van der Waals surface area contributed by atoms with Gasteiger partial charge in [-0.25, -0.2) is 9.59 Å². The summed E-state index contributed by atoms with van der Waals surface area (Å²) in [4.78, 5) is 35.4. The summed E-state index contributed by atoms with van der Waals surface area (Å²) in [5.74, 6) is -0.437. The van der Waals surface area contributed by atoms with Gasteiger partial charge in [0.2, 0.25) is 0 Å². The van der Waals surface area contributed by atoms with Crippen LogP contribution < -0.4 is 0 Å². The molecule has 2 aromatic carbocycles. The second kappa shape index (κ2) is 14.0. The van der Waals surface area contributed by atoms with E-state index < -0.39 is 0 Å². The first-order chi connectivity index (χ1) is 18.6. The van der Waals surface area contributed by atoms with E-state index in [9.17, 15) is 9.59 Å². The zero-order chi connectivity index (χ0) is 26.7. The summed E-state index contributed by atoms with van der Waals surface area (Å²) in [5.41, 5.74) is 5.58. The number of hydrogen-bond donors (Lipinski definition) is 0. The Morgan fingerprint density at radius 1 is 0.605 bits per heavy atom. The predicted octanol–water partition coefficient (Wildman–Crippen LogP) is 7.83. The van der Waals surface area contributed by atoms with Gasteiger partial charge in [0.15, 0.2) is 0 Å². The van der Waals surface area contributed by atoms with Crippen LogP contribution in [-0.4, -0.2) is 23.4 Å². The molecule has 0 amide bonds. The zero-order valence-corrected chi connectivity index (χ0v) is 22.8. The fraction of sp³-hybridized carbons (Fsp3) is 0.500. The van der Waals surface area contributed by atoms with E-state index in [0.717, 1.165) is 85.0 Å². The fourth-order valence-corrected chi connectivity index (χ4v) is 5.38. The van der Waals surface area contributed by atoms with E-state index in [1.54, 1.807) is 0 Å². The summed E-state index contributed by atoms with van der Waals surface area (Å²) in [5, 5.41) is 8.42. The number of nitrogens with zero attached hydrogens (tertiary/aromatic N) is 2. The van der Waals surface area contributed by atoms with E-state index in [2.05, 4.69) is 34.6 Å². The molecule has 0 heterocycles. The van der Waals surface area contributed by atoms with Gasteiger partial charge in [0, 0.05) is 0 Å². The van der Waals surface area contributed by atoms with Gasteiger partial charge in [-0.2, -0.15) is 0 Å². The van der Waals surface area contributed by atoms with Crippen LogP contribution >= 0.6 is 0 Å². The Morgan fingerprint density at radius 2 is 0.947 bits per heavy atom. The van der Waals surface area contributed by atoms with E-state index in [1.165, 1.54) is 12.8 Å². The van der Waals surface area contributed by atoms with E-state index in [0.29, 0.717) is 12.8 Å². The summed E-state index contributed by atoms with van der Waals surface area (Å²) < 4.78 is 0. The molecule has 2 aromatic rings. The van der Waals surface area contributed by atoms with Crippen molar-refractivity contribution < 1.29 is 19.3 Å². The van der Waals surface area contributed by atoms with Crippen LogP contribution in [-0.2, 0) is 19.3 Å². The molecule has 0 N–H and O–H groups in total. The monoisotopic (exact) mass is 516 g/mol. The quantitative estimate of drug-likeness (QED) is 0.193. The molecule has 4 rings (SSSR count). The molecule has 2 aliphatic carbocycles. The van der Waals surface area contributed by atoms with E-state index in [-0.39, 0.29) is 23.8 Å². The highest BCUT2D eigenvalue weighted by Gasteiger charge is 2.24. The van der Waals surface area contributed by atoms with Crippen LogP contribution in [0.25, 0.3) is 11.1 Å². The largest absolute Gasteiger partial charge is 0.338 e. The van der Waals surface area contributed by atoms with Gasteiger partial charge >= 0.3 is 11.9 Å². The van der Waals surface area contributed by atoms with Crippen LogP contribution in [0.5, 0.6) is 0 Å². The van der Waals surface area contributed by atoms with Gasteiger partial charge in [-0.15, -0.1) is 0 Å². The second-order valence-corrected chi connectivity index (χ2v) is 10.4. The first-order valence-corrected chi connectivity index (χ1v) is 14.4. The van der Waals surface area contributed by atoms with Crippen molar-refractivity contribution >= 4 is 23.4 Å². The average molecular weight is 517 g/mol. The van der Waals surface area contributed by atoms with Crippen molar-refractivity contribution in [3.63, 3.8) is 0 Å². The number of carbonyl (C=O) groups is 2. The van der Waals surface area contributed by atoms with Crippen LogP contribution in [0, 0.1) is 11.8 Å². The van der Waals surface area contributed by atoms with Gasteiger partial charge in [-0.3, -0.25) is 0 Å². The van der Waals surface area contributed by atoms with Gasteiger partial charge in [-0.05, 0) is 60.8 Å². The Morgan fingerprint density at radius 3 is 1.26 bits per heavy atom. The van der Waals surface area contributed by atoms with Crippen molar-refractivity contribution in [2.24, 2.45) is 22.1 Å². The highest BCUT2D eigenvalue weighted by Crippen LogP contribution is 2.26. The van der Waals surface area contributed by atoms with Gasteiger partial charge < -0.3 is 9.68 Å². The molecule has 0 unspecified atom stereocenters. The van der Waals surface area contributed by atoms with Gasteiger partial charge in [0.1, 0.15) is 0 Å². The summed E-state index contributed by atoms with van der Waals surface area (Å²) >= 11 is 0. The first kappa shape index (κ1) is 27.7. The summed E-state index contributed by atoms with van der Waals surface area (Å²) in [6.45, 7) is 4.03. The van der Waals surface area contributed by atoms with Crippen LogP contribution in [0.3, 0.4) is 0 Å². The Bertz CT molecular complexity index is 1030. The maximum absolute atomic E-state index is 12.4. The van der Waals surface area contributed by atoms with E-state index in [4.69, 9.17) is 9.68 Å². The Labute approximate surface area is 226 Å². The number of oxime groups is 2. The molecule has 0 spiro atoms. The SMILES string of the molecule is CCC(=NOC(=O)C1CCCCC1)c1ccc(-c2ccc(C(CC)=NOC(=O)C3CCCCC3)cc2)cc1. The molecule has 0 bridgehead atoms. The molecule has 2 aliphatic rings. The molecule has 0 aromatic heterocycles. The highest BCUT2D eigenvalue weighted by molar-refractivity contribution is 6.01. The highest BCUT2D eigenvalue weighted by atomic mass is 16.7. The third-order valence-corrected chi connectivity index (χ3v) is 7.81. The van der Waals surface area contributed by atoms with Crippen molar-refractivity contribution in [3.05, 3.63) is 59.7 Å². The number of benzene rings is 2. The van der Waals surface area contributed by atoms with Crippen molar-refractivity contribution in [1.29, 1.82) is 0 Å². The summed E-state index contributed by atoms with van der Waals surface area (Å²) in [6.07, 6.45) is 11.7. The molecule has 0 radical (unpaired) electrons. The normalized spacial score (nSPS) is 17.7. The van der Waals surface area contributed by atoms with Gasteiger partial charge in [-0.1, -0.05) is 111 Å². The van der Waals surface area contributed by atoms with Gasteiger partial charge in [0.25, 0.3) is 0 Å². The summed E-state index contributed by atoms with van der Waals surface area (Å²) in [7, 11) is 0. The lowest BCUT2D eigenvalue weighted by atomic mass is 9.89. The molecule has 6 heteroatoms. The zero-order valence-electron chi connectivity index (χ0n) is 22.8. The van der Waals surface area contributed by atoms with Crippen LogP contribution in [0.1, 0.15) is 102 Å². The number of hydrogen-bond acceptors (Lipinski definition) is 6. The standard InChI is InChI=1S/C32H40N2O4/c1-3-29(33-37-31(35)27-11-7-5-8-12-27)25-19-15-23(16-20-25)24-17-21-26(22-18-24)30(4-2)34-38-32(36)28-13-9-6-10-14-28/h15-22,27-28H,3-14H2,1-2H3. The predicted molar refractivity (Wildman–Crippen MR) is 151 cm³/mol. The molecule has 6 nitrogen and oxygen atoms in total. The van der Waals surface area contributed by atoms with Crippen molar-refractivity contribution in [1.82, 2.24) is 0 Å². The molecular weight excluding hydrogens is 476 g/mol. The smallest absolute Gasteiger partial charge is 0.318 e. The minimum Gasteiger partial charge on any atom is -0.318 e. The molecule has 202 valence electrons. The third-order valence-electron chi connectivity index (χ3n) is 7.81. The van der Waals surface area contributed by atoms with Crippen molar-refractivity contribution in [2.75, 3.05) is 0 Å². The number of carbonyl (C=O) groups excluding carboxylic acids is 2. The summed E-state index contributed by atoms with van der Waals surface area (Å²) in [6, 6.07) is 16.3. The molecule has 0 saturated heterocycles. The molecule has 38 heavy (non-hydrogen) atoms.